The molecule has 2 atom stereocenters. The Kier molecular flexibility index (Phi) is 7.45. The second kappa shape index (κ2) is 10.4. The van der Waals surface area contributed by atoms with E-state index in [0.29, 0.717) is 33.3 Å². The van der Waals surface area contributed by atoms with E-state index in [1.165, 1.54) is 20.4 Å². The quantitative estimate of drug-likeness (QED) is 0.328. The lowest BCUT2D eigenvalue weighted by atomic mass is 10.0. The predicted octanol–water partition coefficient (Wildman–Crippen LogP) is 2.81. The van der Waals surface area contributed by atoms with Crippen LogP contribution in [0, 0.1) is 10.7 Å². The van der Waals surface area contributed by atoms with Gasteiger partial charge in [0.25, 0.3) is 5.91 Å². The SMILES string of the molecule is CNC(=O)C1=NNC(C)(NC(=O)C2CC2)C=C1Nc1cccc(-c2ccc(S(=N)(=O)C(C)C)cn2)c1OC. The largest absolute Gasteiger partial charge is 0.494 e. The molecular weight excluding hydrogens is 506 g/mol. The topological polar surface area (TPSA) is 158 Å². The van der Waals surface area contributed by atoms with E-state index < -0.39 is 21.3 Å². The predicted molar refractivity (Wildman–Crippen MR) is 146 cm³/mol. The monoisotopic (exact) mass is 539 g/mol. The molecule has 1 aromatic carbocycles. The molecule has 1 fully saturated rings. The van der Waals surface area contributed by atoms with Gasteiger partial charge >= 0.3 is 0 Å². The van der Waals surface area contributed by atoms with Crippen molar-refractivity contribution in [2.45, 2.75) is 49.4 Å². The molecule has 202 valence electrons. The van der Waals surface area contributed by atoms with Crippen LogP contribution >= 0.6 is 0 Å². The van der Waals surface area contributed by atoms with E-state index in [1.807, 2.05) is 12.1 Å². The summed E-state index contributed by atoms with van der Waals surface area (Å²) in [5.74, 6) is -0.0225. The van der Waals surface area contributed by atoms with E-state index >= 15 is 0 Å². The van der Waals surface area contributed by atoms with Crippen molar-refractivity contribution in [1.82, 2.24) is 21.0 Å². The normalized spacial score (nSPS) is 20.4. The van der Waals surface area contributed by atoms with Gasteiger partial charge in [-0.15, -0.1) is 0 Å². The Morgan fingerprint density at radius 2 is 1.97 bits per heavy atom. The number of pyridine rings is 1. The molecular formula is C26H33N7O4S. The molecule has 0 spiro atoms. The Labute approximate surface area is 222 Å². The van der Waals surface area contributed by atoms with Crippen LogP contribution in [0.3, 0.4) is 0 Å². The first-order chi connectivity index (χ1) is 18.0. The number of methoxy groups -OCH3 is 1. The molecule has 1 aromatic heterocycles. The number of ether oxygens (including phenoxy) is 1. The number of benzene rings is 1. The fourth-order valence-corrected chi connectivity index (χ4v) is 4.99. The Hall–Kier alpha value is -3.93. The van der Waals surface area contributed by atoms with Crippen LogP contribution in [0.25, 0.3) is 11.3 Å². The maximum absolute atomic E-state index is 12.7. The Bertz CT molecular complexity index is 1410. The number of aromatic nitrogens is 1. The van der Waals surface area contributed by atoms with Crippen LogP contribution in [-0.2, 0) is 19.3 Å². The lowest BCUT2D eigenvalue weighted by Gasteiger charge is -2.32. The van der Waals surface area contributed by atoms with Gasteiger partial charge in [0.2, 0.25) is 5.91 Å². The number of hydrogen-bond donors (Lipinski definition) is 5. The Morgan fingerprint density at radius 3 is 2.55 bits per heavy atom. The van der Waals surface area contributed by atoms with Gasteiger partial charge in [-0.05, 0) is 64.0 Å². The number of anilines is 1. The van der Waals surface area contributed by atoms with Crippen molar-refractivity contribution in [3.05, 3.63) is 48.3 Å². The molecule has 5 N–H and O–H groups in total. The highest BCUT2D eigenvalue weighted by Gasteiger charge is 2.37. The second-order valence-electron chi connectivity index (χ2n) is 9.72. The molecule has 11 nitrogen and oxygen atoms in total. The van der Waals surface area contributed by atoms with Gasteiger partial charge in [0, 0.05) is 30.0 Å². The van der Waals surface area contributed by atoms with Crippen molar-refractivity contribution in [3.8, 4) is 17.0 Å². The van der Waals surface area contributed by atoms with Gasteiger partial charge in [0.05, 0.1) is 38.8 Å². The Morgan fingerprint density at radius 1 is 1.24 bits per heavy atom. The first-order valence-corrected chi connectivity index (χ1v) is 13.9. The minimum absolute atomic E-state index is 0.00220. The summed E-state index contributed by atoms with van der Waals surface area (Å²) in [5, 5.41) is 12.7. The van der Waals surface area contributed by atoms with E-state index in [4.69, 9.17) is 9.52 Å². The summed E-state index contributed by atoms with van der Waals surface area (Å²) in [6.07, 6.45) is 4.89. The molecule has 0 radical (unpaired) electrons. The van der Waals surface area contributed by atoms with E-state index in [0.717, 1.165) is 12.8 Å². The molecule has 38 heavy (non-hydrogen) atoms. The third kappa shape index (κ3) is 5.49. The molecule has 4 rings (SSSR count). The van der Waals surface area contributed by atoms with Crippen LogP contribution in [-0.4, -0.2) is 51.8 Å². The number of nitrogens with zero attached hydrogens (tertiary/aromatic N) is 2. The van der Waals surface area contributed by atoms with Gasteiger partial charge in [-0.1, -0.05) is 6.07 Å². The van der Waals surface area contributed by atoms with Crippen molar-refractivity contribution >= 4 is 32.9 Å². The highest BCUT2D eigenvalue weighted by molar-refractivity contribution is 7.93. The number of hydrazone groups is 1. The lowest BCUT2D eigenvalue weighted by Crippen LogP contribution is -2.57. The van der Waals surface area contributed by atoms with E-state index in [1.54, 1.807) is 45.0 Å². The van der Waals surface area contributed by atoms with Crippen molar-refractivity contribution < 1.29 is 18.5 Å². The highest BCUT2D eigenvalue weighted by Crippen LogP contribution is 2.37. The van der Waals surface area contributed by atoms with Gasteiger partial charge in [0.1, 0.15) is 5.66 Å². The summed E-state index contributed by atoms with van der Waals surface area (Å²) >= 11 is 0. The first-order valence-electron chi connectivity index (χ1n) is 12.3. The third-order valence-electron chi connectivity index (χ3n) is 6.38. The van der Waals surface area contributed by atoms with Crippen LogP contribution in [0.4, 0.5) is 5.69 Å². The van der Waals surface area contributed by atoms with Crippen LogP contribution < -0.4 is 26.1 Å². The van der Waals surface area contributed by atoms with Gasteiger partial charge in [-0.2, -0.15) is 5.10 Å². The molecule has 2 heterocycles. The minimum Gasteiger partial charge on any atom is -0.494 e. The van der Waals surface area contributed by atoms with E-state index in [-0.39, 0.29) is 22.8 Å². The van der Waals surface area contributed by atoms with Crippen LogP contribution in [0.2, 0.25) is 0 Å². The molecule has 2 unspecified atom stereocenters. The molecule has 12 heteroatoms. The van der Waals surface area contributed by atoms with Gasteiger partial charge in [-0.3, -0.25) is 20.0 Å². The van der Waals surface area contributed by atoms with Crippen LogP contribution in [0.1, 0.15) is 33.6 Å². The van der Waals surface area contributed by atoms with Crippen LogP contribution in [0.5, 0.6) is 5.75 Å². The molecule has 2 aliphatic rings. The maximum atomic E-state index is 12.7. The number of carbonyl (C=O) groups is 2. The summed E-state index contributed by atoms with van der Waals surface area (Å²) < 4.78 is 26.6. The van der Waals surface area contributed by atoms with Crippen molar-refractivity contribution in [1.29, 1.82) is 4.78 Å². The Balaban J connectivity index is 1.69. The lowest BCUT2D eigenvalue weighted by molar-refractivity contribution is -0.123. The molecule has 0 saturated heterocycles. The summed E-state index contributed by atoms with van der Waals surface area (Å²) in [6.45, 7) is 5.25. The minimum atomic E-state index is -2.96. The molecule has 2 amide bonds. The fourth-order valence-electron chi connectivity index (χ4n) is 3.97. The zero-order valence-corrected chi connectivity index (χ0v) is 22.9. The standard InChI is InChI=1S/C26H33N7O4S/c1-15(2)38(27,36)17-11-12-19(29-14-17)18-7-6-8-20(23(18)37-5)30-21-13-26(3,31-24(34)16-9-10-16)33-32-22(21)25(35)28-4/h6-8,11-16,27,30,33H,9-10H2,1-5H3,(H,28,35)(H,31,34). The summed E-state index contributed by atoms with van der Waals surface area (Å²) in [7, 11) is 0.0786. The van der Waals surface area contributed by atoms with Crippen molar-refractivity contribution in [2.75, 3.05) is 19.5 Å². The van der Waals surface area contributed by atoms with Crippen molar-refractivity contribution in [3.63, 3.8) is 0 Å². The molecule has 1 aliphatic carbocycles. The van der Waals surface area contributed by atoms with Gasteiger partial charge < -0.3 is 20.7 Å². The second-order valence-corrected chi connectivity index (χ2v) is 12.3. The maximum Gasteiger partial charge on any atom is 0.273 e. The molecule has 1 saturated carbocycles. The average Bonchev–Trinajstić information content (AvgIpc) is 3.74. The molecule has 0 bridgehead atoms. The van der Waals surface area contributed by atoms with E-state index in [2.05, 4.69) is 31.5 Å². The van der Waals surface area contributed by atoms with Gasteiger partial charge in [0.15, 0.2) is 11.5 Å². The zero-order valence-electron chi connectivity index (χ0n) is 22.0. The summed E-state index contributed by atoms with van der Waals surface area (Å²) in [5.41, 5.74) is 4.12. The number of carbonyl (C=O) groups excluding carboxylic acids is 2. The summed E-state index contributed by atoms with van der Waals surface area (Å²) in [6, 6.07) is 8.79. The number of rotatable bonds is 9. The highest BCUT2D eigenvalue weighted by atomic mass is 32.2. The number of nitrogens with one attached hydrogen (secondary N) is 5. The smallest absolute Gasteiger partial charge is 0.273 e. The first kappa shape index (κ1) is 27.1. The average molecular weight is 540 g/mol. The van der Waals surface area contributed by atoms with E-state index in [9.17, 15) is 13.8 Å². The zero-order chi connectivity index (χ0) is 27.7. The number of hydrogen-bond acceptors (Lipinski definition) is 9. The van der Waals surface area contributed by atoms with Crippen molar-refractivity contribution in [2.24, 2.45) is 11.0 Å². The van der Waals surface area contributed by atoms with Crippen LogP contribution in [0.15, 0.2) is 58.3 Å². The molecule has 2 aromatic rings. The fraction of sp³-hybridized carbons (Fsp3) is 0.385. The third-order valence-corrected chi connectivity index (χ3v) is 8.65. The number of amides is 2. The molecule has 1 aliphatic heterocycles. The summed E-state index contributed by atoms with van der Waals surface area (Å²) in [4.78, 5) is 29.9. The number of para-hydroxylation sites is 1. The van der Waals surface area contributed by atoms with Gasteiger partial charge in [-0.25, -0.2) is 8.99 Å².